The highest BCUT2D eigenvalue weighted by Gasteiger charge is 2.38. The number of halogens is 1. The fraction of sp³-hybridized carbons (Fsp3) is 0.438. The number of ether oxygens (including phenoxy) is 1. The molecule has 1 saturated heterocycles. The number of aromatic nitrogens is 6. The average Bonchev–Trinajstić information content (AvgIpc) is 3.25. The van der Waals surface area contributed by atoms with E-state index in [2.05, 4.69) is 25.1 Å². The van der Waals surface area contributed by atoms with Crippen molar-refractivity contribution in [3.8, 4) is 0 Å². The molecule has 0 unspecified atom stereocenters. The molecule has 8 nitrogen and oxygen atoms in total. The van der Waals surface area contributed by atoms with Gasteiger partial charge in [-0.25, -0.2) is 14.4 Å². The van der Waals surface area contributed by atoms with Crippen LogP contribution in [0.25, 0.3) is 5.65 Å². The average molecular weight is 343 g/mol. The van der Waals surface area contributed by atoms with E-state index in [0.29, 0.717) is 36.6 Å². The summed E-state index contributed by atoms with van der Waals surface area (Å²) in [6, 6.07) is -0.198. The molecule has 25 heavy (non-hydrogen) atoms. The van der Waals surface area contributed by atoms with Crippen molar-refractivity contribution in [1.29, 1.82) is 0 Å². The van der Waals surface area contributed by atoms with Gasteiger partial charge >= 0.3 is 0 Å². The smallest absolute Gasteiger partial charge is 0.187 e. The Labute approximate surface area is 143 Å². The van der Waals surface area contributed by atoms with Gasteiger partial charge in [0.25, 0.3) is 0 Å². The summed E-state index contributed by atoms with van der Waals surface area (Å²) in [5.41, 5.74) is 1.05. The van der Waals surface area contributed by atoms with Crippen LogP contribution in [0.4, 0.5) is 10.2 Å². The molecule has 9 heteroatoms. The number of rotatable bonds is 4. The zero-order chi connectivity index (χ0) is 17.4. The highest BCUT2D eigenvalue weighted by atomic mass is 19.1. The Hall–Kier alpha value is -2.68. The first-order valence-electron chi connectivity index (χ1n) is 8.16. The third kappa shape index (κ3) is 2.60. The molecule has 0 amide bonds. The number of fused-ring (bicyclic) bond motifs is 1. The minimum atomic E-state index is -0.387. The van der Waals surface area contributed by atoms with E-state index in [1.54, 1.807) is 25.7 Å². The summed E-state index contributed by atoms with van der Waals surface area (Å²) in [4.78, 5) is 14.2. The van der Waals surface area contributed by atoms with E-state index in [1.165, 1.54) is 6.33 Å². The lowest BCUT2D eigenvalue weighted by molar-refractivity contribution is 0.118. The minimum Gasteiger partial charge on any atom is -0.380 e. The fourth-order valence-corrected chi connectivity index (χ4v) is 3.29. The third-order valence-corrected chi connectivity index (χ3v) is 4.58. The second kappa shape index (κ2) is 6.32. The molecule has 0 radical (unpaired) electrons. The molecule has 0 spiro atoms. The van der Waals surface area contributed by atoms with Crippen LogP contribution in [-0.2, 0) is 11.2 Å². The first-order valence-corrected chi connectivity index (χ1v) is 8.16. The molecule has 0 bridgehead atoms. The van der Waals surface area contributed by atoms with Crippen LogP contribution in [0.2, 0.25) is 0 Å². The minimum absolute atomic E-state index is 0.0429. The lowest BCUT2D eigenvalue weighted by atomic mass is 10.2. The van der Waals surface area contributed by atoms with Crippen molar-refractivity contribution in [2.75, 3.05) is 18.6 Å². The monoisotopic (exact) mass is 343 g/mol. The van der Waals surface area contributed by atoms with Crippen molar-refractivity contribution in [3.05, 3.63) is 42.3 Å². The largest absolute Gasteiger partial charge is 0.380 e. The van der Waals surface area contributed by atoms with E-state index in [0.717, 1.165) is 0 Å². The van der Waals surface area contributed by atoms with Crippen molar-refractivity contribution in [2.24, 2.45) is 0 Å². The van der Waals surface area contributed by atoms with Gasteiger partial charge in [-0.05, 0) is 6.42 Å². The number of hydrogen-bond acceptors (Lipinski definition) is 7. The number of hydrogen-bond donors (Lipinski definition) is 0. The summed E-state index contributed by atoms with van der Waals surface area (Å²) in [6.07, 6.45) is 7.66. The standard InChI is InChI=1S/C16H18FN7O/c1-3-11-14(17)16(20-9-19-11)24-8-10(25-2)6-12(24)15-22-21-13-7-18-4-5-23(13)15/h4-5,7,9-10,12H,3,6,8H2,1-2H3/t10-,12+/m1/s1. The normalized spacial score (nSPS) is 20.5. The Bertz CT molecular complexity index is 899. The maximum atomic E-state index is 14.8. The van der Waals surface area contributed by atoms with Crippen LogP contribution in [0.1, 0.15) is 30.9 Å². The molecule has 3 aromatic rings. The second-order valence-corrected chi connectivity index (χ2v) is 5.94. The first-order chi connectivity index (χ1) is 12.2. The van der Waals surface area contributed by atoms with Crippen molar-refractivity contribution in [2.45, 2.75) is 31.9 Å². The second-order valence-electron chi connectivity index (χ2n) is 5.94. The topological polar surface area (TPSA) is 81.3 Å². The molecule has 4 heterocycles. The zero-order valence-electron chi connectivity index (χ0n) is 14.0. The molecular weight excluding hydrogens is 325 g/mol. The van der Waals surface area contributed by atoms with Gasteiger partial charge in [0, 0.05) is 32.5 Å². The molecule has 2 atom stereocenters. The van der Waals surface area contributed by atoms with E-state index < -0.39 is 0 Å². The van der Waals surface area contributed by atoms with E-state index in [9.17, 15) is 4.39 Å². The van der Waals surface area contributed by atoms with E-state index in [1.807, 2.05) is 16.2 Å². The Morgan fingerprint density at radius 2 is 2.20 bits per heavy atom. The summed E-state index contributed by atoms with van der Waals surface area (Å²) >= 11 is 0. The Morgan fingerprint density at radius 1 is 1.32 bits per heavy atom. The van der Waals surface area contributed by atoms with Crippen molar-refractivity contribution in [1.82, 2.24) is 29.5 Å². The Balaban J connectivity index is 1.80. The highest BCUT2D eigenvalue weighted by Crippen LogP contribution is 2.37. The summed E-state index contributed by atoms with van der Waals surface area (Å²) in [5.74, 6) is 0.609. The molecule has 1 fully saturated rings. The van der Waals surface area contributed by atoms with Gasteiger partial charge in [-0.2, -0.15) is 0 Å². The molecule has 1 aliphatic rings. The molecule has 0 aliphatic carbocycles. The predicted octanol–water partition coefficient (Wildman–Crippen LogP) is 1.58. The third-order valence-electron chi connectivity index (χ3n) is 4.58. The Morgan fingerprint density at radius 3 is 3.00 bits per heavy atom. The molecule has 0 N–H and O–H groups in total. The van der Waals surface area contributed by atoms with E-state index in [4.69, 9.17) is 4.74 Å². The lowest BCUT2D eigenvalue weighted by Gasteiger charge is -2.24. The van der Waals surface area contributed by atoms with Crippen molar-refractivity contribution in [3.63, 3.8) is 0 Å². The van der Waals surface area contributed by atoms with Crippen LogP contribution in [0.3, 0.4) is 0 Å². The van der Waals surface area contributed by atoms with Crippen LogP contribution in [-0.4, -0.2) is 49.3 Å². The predicted molar refractivity (Wildman–Crippen MR) is 87.7 cm³/mol. The van der Waals surface area contributed by atoms with E-state index >= 15 is 0 Å². The molecule has 3 aromatic heterocycles. The SMILES string of the molecule is CCc1ncnc(N2C[C@H](OC)C[C@H]2c2nnc3cnccn23)c1F. The van der Waals surface area contributed by atoms with Gasteiger partial charge in [0.2, 0.25) is 0 Å². The van der Waals surface area contributed by atoms with Gasteiger partial charge in [-0.1, -0.05) is 6.92 Å². The summed E-state index contributed by atoms with van der Waals surface area (Å²) in [7, 11) is 1.66. The lowest BCUT2D eigenvalue weighted by Crippen LogP contribution is -2.28. The zero-order valence-corrected chi connectivity index (χ0v) is 14.0. The van der Waals surface area contributed by atoms with Gasteiger partial charge in [-0.15, -0.1) is 10.2 Å². The van der Waals surface area contributed by atoms with Crippen LogP contribution < -0.4 is 4.90 Å². The summed E-state index contributed by atoms with van der Waals surface area (Å²) < 4.78 is 22.2. The number of methoxy groups -OCH3 is 1. The maximum Gasteiger partial charge on any atom is 0.187 e. The first kappa shape index (κ1) is 15.8. The maximum absolute atomic E-state index is 14.8. The van der Waals surface area contributed by atoms with Crippen molar-refractivity contribution >= 4 is 11.5 Å². The highest BCUT2D eigenvalue weighted by molar-refractivity contribution is 5.46. The Kier molecular flexibility index (Phi) is 4.00. The summed E-state index contributed by atoms with van der Waals surface area (Å²) in [6.45, 7) is 2.39. The number of anilines is 1. The van der Waals surface area contributed by atoms with Crippen molar-refractivity contribution < 1.29 is 9.13 Å². The van der Waals surface area contributed by atoms with Crippen LogP contribution in [0.15, 0.2) is 24.9 Å². The summed E-state index contributed by atoms with van der Waals surface area (Å²) in [5, 5.41) is 8.46. The molecular formula is C16H18FN7O. The molecule has 4 rings (SSSR count). The van der Waals surface area contributed by atoms with Gasteiger partial charge < -0.3 is 9.64 Å². The number of aryl methyl sites for hydroxylation is 1. The molecule has 1 aliphatic heterocycles. The molecule has 0 aromatic carbocycles. The van der Waals surface area contributed by atoms with Gasteiger partial charge in [0.05, 0.1) is 24.0 Å². The van der Waals surface area contributed by atoms with E-state index in [-0.39, 0.29) is 23.8 Å². The van der Waals surface area contributed by atoms with Gasteiger partial charge in [0.15, 0.2) is 23.1 Å². The van der Waals surface area contributed by atoms with Gasteiger partial charge in [-0.3, -0.25) is 9.38 Å². The van der Waals surface area contributed by atoms with Crippen LogP contribution in [0, 0.1) is 5.82 Å². The number of nitrogens with zero attached hydrogens (tertiary/aromatic N) is 7. The van der Waals surface area contributed by atoms with Crippen LogP contribution >= 0.6 is 0 Å². The molecule has 130 valence electrons. The molecule has 0 saturated carbocycles. The fourth-order valence-electron chi connectivity index (χ4n) is 3.29. The van der Waals surface area contributed by atoms with Crippen LogP contribution in [0.5, 0.6) is 0 Å². The van der Waals surface area contributed by atoms with Gasteiger partial charge in [0.1, 0.15) is 6.33 Å². The quantitative estimate of drug-likeness (QED) is 0.711.